The molecule has 1 heterocycles. The van der Waals surface area contributed by atoms with E-state index in [1.165, 1.54) is 0 Å². The smallest absolute Gasteiger partial charge is 0.241 e. The zero-order valence-electron chi connectivity index (χ0n) is 19.7. The first-order valence-electron chi connectivity index (χ1n) is 11.6. The fraction of sp³-hybridized carbons (Fsp3) is 0.308. The average Bonchev–Trinajstić information content (AvgIpc) is 2.86. The van der Waals surface area contributed by atoms with Gasteiger partial charge < -0.3 is 10.2 Å². The van der Waals surface area contributed by atoms with E-state index < -0.39 is 10.0 Å². The quantitative estimate of drug-likeness (QED) is 0.302. The molecule has 0 saturated carbocycles. The Bertz CT molecular complexity index is 1370. The summed E-state index contributed by atoms with van der Waals surface area (Å²) in [6.45, 7) is 1.27. The van der Waals surface area contributed by atoms with Crippen molar-refractivity contribution >= 4 is 43.5 Å². The third-order valence-corrected chi connectivity index (χ3v) is 7.44. The van der Waals surface area contributed by atoms with Crippen LogP contribution < -0.4 is 14.9 Å². The van der Waals surface area contributed by atoms with Gasteiger partial charge in [-0.05, 0) is 36.4 Å². The van der Waals surface area contributed by atoms with E-state index in [1.807, 2.05) is 68.7 Å². The molecule has 4 aromatic rings. The van der Waals surface area contributed by atoms with E-state index in [1.54, 1.807) is 12.1 Å². The largest absolute Gasteiger partial charge is 0.372 e. The molecule has 3 aromatic carbocycles. The number of rotatable bonds is 11. The summed E-state index contributed by atoms with van der Waals surface area (Å²) in [5, 5.41) is 5.83. The lowest BCUT2D eigenvalue weighted by atomic mass is 10.1. The molecule has 0 atom stereocenters. The highest BCUT2D eigenvalue weighted by atomic mass is 32.2. The van der Waals surface area contributed by atoms with Gasteiger partial charge in [0.1, 0.15) is 5.82 Å². The summed E-state index contributed by atoms with van der Waals surface area (Å²) in [4.78, 5) is 11.7. The molecule has 0 aliphatic rings. The predicted molar refractivity (Wildman–Crippen MR) is 140 cm³/mol. The fourth-order valence-electron chi connectivity index (χ4n) is 4.07. The summed E-state index contributed by atoms with van der Waals surface area (Å²) in [5.41, 5.74) is 0.919. The Morgan fingerprint density at radius 2 is 1.53 bits per heavy atom. The minimum Gasteiger partial charge on any atom is -0.372 e. The summed E-state index contributed by atoms with van der Waals surface area (Å²) >= 11 is 0. The number of hydrogen-bond acceptors (Lipinski definition) is 6. The molecule has 0 fully saturated rings. The van der Waals surface area contributed by atoms with Crippen LogP contribution in [0.1, 0.15) is 25.7 Å². The molecule has 0 unspecified atom stereocenters. The van der Waals surface area contributed by atoms with Crippen molar-refractivity contribution in [3.63, 3.8) is 0 Å². The van der Waals surface area contributed by atoms with Crippen LogP contribution in [0.15, 0.2) is 71.6 Å². The van der Waals surface area contributed by atoms with Gasteiger partial charge in [-0.3, -0.25) is 0 Å². The number of nitrogens with one attached hydrogen (secondary N) is 2. The number of anilines is 2. The molecule has 4 rings (SSSR count). The van der Waals surface area contributed by atoms with Crippen molar-refractivity contribution in [3.05, 3.63) is 66.7 Å². The second kappa shape index (κ2) is 10.8. The third-order valence-electron chi connectivity index (χ3n) is 5.92. The van der Waals surface area contributed by atoms with Gasteiger partial charge in [0.25, 0.3) is 0 Å². The second-order valence-corrected chi connectivity index (χ2v) is 10.1. The van der Waals surface area contributed by atoms with Crippen LogP contribution in [-0.4, -0.2) is 45.6 Å². The van der Waals surface area contributed by atoms with Gasteiger partial charge in [-0.2, -0.15) is 4.98 Å². The molecular formula is C26H31N5O2S. The number of para-hydroxylation sites is 1. The van der Waals surface area contributed by atoms with E-state index in [0.29, 0.717) is 17.4 Å². The molecule has 2 N–H and O–H groups in total. The number of hydrogen-bond donors (Lipinski definition) is 2. The number of sulfonamides is 1. The van der Waals surface area contributed by atoms with Crippen LogP contribution in [0.2, 0.25) is 0 Å². The van der Waals surface area contributed by atoms with Gasteiger partial charge in [0.05, 0.1) is 10.4 Å². The standard InChI is InChI=1S/C26H31N5O2S/c1-27-25-22-15-7-8-16-23(22)29-26(30-25)31(2)19-10-4-3-9-18-28-34(32,33)24-17-11-13-20-12-5-6-14-21(20)24/h5-8,11-17,28H,3-4,9-10,18-19H2,1-2H3,(H,27,29,30). The first-order chi connectivity index (χ1) is 16.5. The van der Waals surface area contributed by atoms with Crippen LogP contribution in [0.25, 0.3) is 21.7 Å². The van der Waals surface area contributed by atoms with Crippen molar-refractivity contribution in [1.82, 2.24) is 14.7 Å². The fourth-order valence-corrected chi connectivity index (χ4v) is 5.37. The SMILES string of the molecule is CNc1nc(N(C)CCCCCCNS(=O)(=O)c2cccc3ccccc23)nc2ccccc12. The highest BCUT2D eigenvalue weighted by Gasteiger charge is 2.16. The van der Waals surface area contributed by atoms with E-state index in [-0.39, 0.29) is 0 Å². The molecule has 1 aromatic heterocycles. The van der Waals surface area contributed by atoms with E-state index >= 15 is 0 Å². The first kappa shape index (κ1) is 23.9. The maximum absolute atomic E-state index is 12.8. The van der Waals surface area contributed by atoms with Crippen molar-refractivity contribution in [2.45, 2.75) is 30.6 Å². The van der Waals surface area contributed by atoms with Gasteiger partial charge in [-0.25, -0.2) is 18.1 Å². The van der Waals surface area contributed by atoms with E-state index in [4.69, 9.17) is 0 Å². The zero-order chi connectivity index (χ0) is 24.0. The monoisotopic (exact) mass is 477 g/mol. The summed E-state index contributed by atoms with van der Waals surface area (Å²) in [6, 6.07) is 20.9. The molecule has 0 aliphatic carbocycles. The molecule has 0 spiro atoms. The van der Waals surface area contributed by atoms with E-state index in [9.17, 15) is 8.42 Å². The Morgan fingerprint density at radius 3 is 2.35 bits per heavy atom. The van der Waals surface area contributed by atoms with Crippen molar-refractivity contribution in [3.8, 4) is 0 Å². The van der Waals surface area contributed by atoms with Crippen molar-refractivity contribution in [1.29, 1.82) is 0 Å². The Balaban J connectivity index is 1.23. The molecule has 0 amide bonds. The maximum atomic E-state index is 12.8. The lowest BCUT2D eigenvalue weighted by molar-refractivity contribution is 0.572. The minimum atomic E-state index is -3.53. The van der Waals surface area contributed by atoms with Crippen LogP contribution in [0.3, 0.4) is 0 Å². The summed E-state index contributed by atoms with van der Waals surface area (Å²) in [5.74, 6) is 1.52. The van der Waals surface area contributed by atoms with Crippen LogP contribution in [0.4, 0.5) is 11.8 Å². The lowest BCUT2D eigenvalue weighted by Gasteiger charge is -2.18. The van der Waals surface area contributed by atoms with Crippen LogP contribution in [0, 0.1) is 0 Å². The second-order valence-electron chi connectivity index (χ2n) is 8.35. The summed E-state index contributed by atoms with van der Waals surface area (Å²) in [7, 11) is 0.336. The number of nitrogens with zero attached hydrogens (tertiary/aromatic N) is 3. The molecule has 0 saturated heterocycles. The summed E-state index contributed by atoms with van der Waals surface area (Å²) < 4.78 is 28.3. The van der Waals surface area contributed by atoms with Crippen molar-refractivity contribution in [2.24, 2.45) is 0 Å². The molecule has 178 valence electrons. The average molecular weight is 478 g/mol. The Kier molecular flexibility index (Phi) is 7.59. The van der Waals surface area contributed by atoms with Gasteiger partial charge in [0.2, 0.25) is 16.0 Å². The molecule has 0 radical (unpaired) electrons. The van der Waals surface area contributed by atoms with E-state index in [0.717, 1.165) is 59.7 Å². The minimum absolute atomic E-state index is 0.337. The normalized spacial score (nSPS) is 11.7. The van der Waals surface area contributed by atoms with Gasteiger partial charge in [0.15, 0.2) is 0 Å². The third kappa shape index (κ3) is 5.46. The van der Waals surface area contributed by atoms with Gasteiger partial charge in [-0.15, -0.1) is 0 Å². The van der Waals surface area contributed by atoms with Crippen LogP contribution in [-0.2, 0) is 10.0 Å². The van der Waals surface area contributed by atoms with E-state index in [2.05, 4.69) is 24.9 Å². The molecule has 8 heteroatoms. The Morgan fingerprint density at radius 1 is 0.824 bits per heavy atom. The van der Waals surface area contributed by atoms with Crippen molar-refractivity contribution < 1.29 is 8.42 Å². The van der Waals surface area contributed by atoms with Gasteiger partial charge in [-0.1, -0.05) is 61.4 Å². The summed E-state index contributed by atoms with van der Waals surface area (Å²) in [6.07, 6.45) is 3.74. The van der Waals surface area contributed by atoms with Crippen molar-refractivity contribution in [2.75, 3.05) is 37.4 Å². The number of unbranched alkanes of at least 4 members (excludes halogenated alkanes) is 3. The lowest BCUT2D eigenvalue weighted by Crippen LogP contribution is -2.25. The van der Waals surface area contributed by atoms with Crippen LogP contribution >= 0.6 is 0 Å². The number of aromatic nitrogens is 2. The van der Waals surface area contributed by atoms with Gasteiger partial charge >= 0.3 is 0 Å². The Hall–Kier alpha value is -3.23. The highest BCUT2D eigenvalue weighted by molar-refractivity contribution is 7.89. The molecular weight excluding hydrogens is 446 g/mol. The highest BCUT2D eigenvalue weighted by Crippen LogP contribution is 2.24. The molecule has 0 bridgehead atoms. The Labute approximate surface area is 201 Å². The zero-order valence-corrected chi connectivity index (χ0v) is 20.5. The number of fused-ring (bicyclic) bond motifs is 2. The molecule has 34 heavy (non-hydrogen) atoms. The number of benzene rings is 3. The molecule has 7 nitrogen and oxygen atoms in total. The predicted octanol–water partition coefficient (Wildman–Crippen LogP) is 4.80. The van der Waals surface area contributed by atoms with Crippen LogP contribution in [0.5, 0.6) is 0 Å². The first-order valence-corrected chi connectivity index (χ1v) is 13.1. The molecule has 0 aliphatic heterocycles. The van der Waals surface area contributed by atoms with Gasteiger partial charge in [0, 0.05) is 38.0 Å². The topological polar surface area (TPSA) is 87.2 Å². The maximum Gasteiger partial charge on any atom is 0.241 e.